The van der Waals surface area contributed by atoms with Gasteiger partial charge in [0.25, 0.3) is 5.91 Å². The highest BCUT2D eigenvalue weighted by Gasteiger charge is 2.32. The van der Waals surface area contributed by atoms with Crippen molar-refractivity contribution in [2.75, 3.05) is 57.6 Å². The fraction of sp³-hybridized carbons (Fsp3) is 0.417. The van der Waals surface area contributed by atoms with Crippen LogP contribution < -0.4 is 24.4 Å². The Morgan fingerprint density at radius 1 is 0.972 bits per heavy atom. The van der Waals surface area contributed by atoms with E-state index >= 15 is 0 Å². The molecule has 1 fully saturated rings. The molecular weight excluding hydrogens is 490 g/mol. The predicted molar refractivity (Wildman–Crippen MR) is 128 cm³/mol. The van der Waals surface area contributed by atoms with Gasteiger partial charge in [-0.25, -0.2) is 8.42 Å². The van der Waals surface area contributed by atoms with E-state index in [1.165, 1.54) is 27.4 Å². The van der Waals surface area contributed by atoms with Crippen LogP contribution in [0.3, 0.4) is 0 Å². The normalized spacial score (nSPS) is 18.7. The third-order valence-corrected chi connectivity index (χ3v) is 8.12. The van der Waals surface area contributed by atoms with Crippen LogP contribution in [0.15, 0.2) is 41.3 Å². The maximum absolute atomic E-state index is 13.1. The van der Waals surface area contributed by atoms with Crippen LogP contribution >= 0.6 is 0 Å². The number of benzene rings is 2. The molecule has 0 aromatic heterocycles. The number of sulfonamides is 1. The molecule has 1 N–H and O–H groups in total. The van der Waals surface area contributed by atoms with E-state index in [1.54, 1.807) is 6.07 Å². The molecule has 2 amide bonds. The first-order valence-electron chi connectivity index (χ1n) is 11.7. The lowest BCUT2D eigenvalue weighted by Gasteiger charge is -2.31. The van der Waals surface area contributed by atoms with Crippen molar-refractivity contribution in [3.05, 3.63) is 42.0 Å². The van der Waals surface area contributed by atoms with Gasteiger partial charge in [0.2, 0.25) is 15.9 Å². The number of fused-ring (bicyclic) bond motifs is 2. The molecule has 0 bridgehead atoms. The van der Waals surface area contributed by atoms with Crippen LogP contribution in [0.5, 0.6) is 17.2 Å². The summed E-state index contributed by atoms with van der Waals surface area (Å²) < 4.78 is 49.5. The molecule has 0 spiro atoms. The monoisotopic (exact) mass is 517 g/mol. The van der Waals surface area contributed by atoms with Gasteiger partial charge in [-0.2, -0.15) is 4.31 Å². The van der Waals surface area contributed by atoms with Gasteiger partial charge >= 0.3 is 0 Å². The van der Waals surface area contributed by atoms with E-state index in [0.717, 1.165) is 5.56 Å². The summed E-state index contributed by atoms with van der Waals surface area (Å²) >= 11 is 0. The van der Waals surface area contributed by atoms with Crippen molar-refractivity contribution in [3.8, 4) is 17.2 Å². The largest absolute Gasteiger partial charge is 0.486 e. The standard InChI is InChI=1S/C24H27N3O8S/c1-16(17-2-4-21-22(12-17)34-11-10-33-21)25-23(28)14-27-19-13-18(3-5-20(19)35-15-24(27)29)36(30,31)26-6-8-32-9-7-26/h2-5,12-13,16H,6-11,14-15H2,1H3,(H,25,28)/t16-/m1/s1. The summed E-state index contributed by atoms with van der Waals surface area (Å²) in [5, 5.41) is 2.89. The Morgan fingerprint density at radius 2 is 1.69 bits per heavy atom. The van der Waals surface area contributed by atoms with Crippen molar-refractivity contribution >= 4 is 27.5 Å². The van der Waals surface area contributed by atoms with Crippen molar-refractivity contribution in [3.63, 3.8) is 0 Å². The second-order valence-electron chi connectivity index (χ2n) is 8.61. The van der Waals surface area contributed by atoms with Gasteiger partial charge in [-0.3, -0.25) is 14.5 Å². The summed E-state index contributed by atoms with van der Waals surface area (Å²) in [6.07, 6.45) is 0. The van der Waals surface area contributed by atoms with Crippen LogP contribution in [-0.2, 0) is 24.3 Å². The number of carbonyl (C=O) groups excluding carboxylic acids is 2. The first kappa shape index (κ1) is 24.3. The minimum Gasteiger partial charge on any atom is -0.486 e. The number of hydrogen-bond donors (Lipinski definition) is 1. The maximum Gasteiger partial charge on any atom is 0.265 e. The van der Waals surface area contributed by atoms with Gasteiger partial charge in [-0.05, 0) is 42.8 Å². The zero-order chi connectivity index (χ0) is 25.3. The van der Waals surface area contributed by atoms with E-state index < -0.39 is 21.8 Å². The van der Waals surface area contributed by atoms with E-state index in [4.69, 9.17) is 18.9 Å². The molecule has 0 aliphatic carbocycles. The smallest absolute Gasteiger partial charge is 0.265 e. The number of morpholine rings is 1. The minimum atomic E-state index is -3.79. The second kappa shape index (κ2) is 9.96. The van der Waals surface area contributed by atoms with Gasteiger partial charge in [0.15, 0.2) is 18.1 Å². The third kappa shape index (κ3) is 4.84. The minimum absolute atomic E-state index is 0.0245. The first-order chi connectivity index (χ1) is 17.3. The molecule has 192 valence electrons. The average Bonchev–Trinajstić information content (AvgIpc) is 2.90. The molecule has 5 rings (SSSR count). The Kier molecular flexibility index (Phi) is 6.73. The lowest BCUT2D eigenvalue weighted by atomic mass is 10.1. The molecular formula is C24H27N3O8S. The van der Waals surface area contributed by atoms with Gasteiger partial charge in [-0.15, -0.1) is 0 Å². The van der Waals surface area contributed by atoms with Crippen LogP contribution in [0.25, 0.3) is 0 Å². The number of ether oxygens (including phenoxy) is 4. The Bertz CT molecular complexity index is 1280. The second-order valence-corrected chi connectivity index (χ2v) is 10.5. The highest BCUT2D eigenvalue weighted by molar-refractivity contribution is 7.89. The van der Waals surface area contributed by atoms with Crippen LogP contribution in [-0.4, -0.2) is 77.2 Å². The van der Waals surface area contributed by atoms with E-state index in [-0.39, 0.29) is 42.9 Å². The number of carbonyl (C=O) groups is 2. The molecule has 0 unspecified atom stereocenters. The summed E-state index contributed by atoms with van der Waals surface area (Å²) in [5.74, 6) is 0.766. The fourth-order valence-corrected chi connectivity index (χ4v) is 5.72. The van der Waals surface area contributed by atoms with Gasteiger partial charge < -0.3 is 24.3 Å². The zero-order valence-electron chi connectivity index (χ0n) is 19.8. The highest BCUT2D eigenvalue weighted by atomic mass is 32.2. The van der Waals surface area contributed by atoms with Crippen molar-refractivity contribution < 1.29 is 37.0 Å². The topological polar surface area (TPSA) is 124 Å². The molecule has 3 aliphatic heterocycles. The molecule has 36 heavy (non-hydrogen) atoms. The van der Waals surface area contributed by atoms with Crippen LogP contribution in [0.2, 0.25) is 0 Å². The number of anilines is 1. The van der Waals surface area contributed by atoms with Gasteiger partial charge in [0.1, 0.15) is 25.5 Å². The molecule has 0 radical (unpaired) electrons. The Labute approximate surface area is 208 Å². The lowest BCUT2D eigenvalue weighted by Crippen LogP contribution is -2.45. The quantitative estimate of drug-likeness (QED) is 0.604. The van der Waals surface area contributed by atoms with Crippen LogP contribution in [0.4, 0.5) is 5.69 Å². The third-order valence-electron chi connectivity index (χ3n) is 6.23. The molecule has 3 aliphatic rings. The number of amides is 2. The lowest BCUT2D eigenvalue weighted by molar-refractivity contribution is -0.125. The number of nitrogens with zero attached hydrogens (tertiary/aromatic N) is 2. The Balaban J connectivity index is 1.33. The molecule has 2 aromatic carbocycles. The molecule has 2 aromatic rings. The van der Waals surface area contributed by atoms with Crippen molar-refractivity contribution in [2.24, 2.45) is 0 Å². The Morgan fingerprint density at radius 3 is 2.47 bits per heavy atom. The summed E-state index contributed by atoms with van der Waals surface area (Å²) in [7, 11) is -3.79. The van der Waals surface area contributed by atoms with E-state index in [0.29, 0.717) is 43.7 Å². The van der Waals surface area contributed by atoms with Crippen molar-refractivity contribution in [1.29, 1.82) is 0 Å². The summed E-state index contributed by atoms with van der Waals surface area (Å²) in [5.41, 5.74) is 1.06. The van der Waals surface area contributed by atoms with Crippen LogP contribution in [0, 0.1) is 0 Å². The predicted octanol–water partition coefficient (Wildman–Crippen LogP) is 1.08. The van der Waals surface area contributed by atoms with Gasteiger partial charge in [-0.1, -0.05) is 6.07 Å². The van der Waals surface area contributed by atoms with Gasteiger partial charge in [0, 0.05) is 13.1 Å². The zero-order valence-corrected chi connectivity index (χ0v) is 20.6. The molecule has 12 heteroatoms. The summed E-state index contributed by atoms with van der Waals surface area (Å²) in [6.45, 7) is 3.38. The number of nitrogens with one attached hydrogen (secondary N) is 1. The maximum atomic E-state index is 13.1. The molecule has 1 atom stereocenters. The number of rotatable bonds is 6. The van der Waals surface area contributed by atoms with Crippen molar-refractivity contribution in [1.82, 2.24) is 9.62 Å². The molecule has 11 nitrogen and oxygen atoms in total. The van der Waals surface area contributed by atoms with Crippen molar-refractivity contribution in [2.45, 2.75) is 17.9 Å². The van der Waals surface area contributed by atoms with Crippen LogP contribution in [0.1, 0.15) is 18.5 Å². The molecule has 3 heterocycles. The van der Waals surface area contributed by atoms with Gasteiger partial charge in [0.05, 0.1) is 29.8 Å². The SMILES string of the molecule is C[C@@H](NC(=O)CN1C(=O)COc2ccc(S(=O)(=O)N3CCOCC3)cc21)c1ccc2c(c1)OCCO2. The highest BCUT2D eigenvalue weighted by Crippen LogP contribution is 2.35. The summed E-state index contributed by atoms with van der Waals surface area (Å²) in [6, 6.07) is 9.43. The molecule has 0 saturated carbocycles. The fourth-order valence-electron chi connectivity index (χ4n) is 4.30. The van der Waals surface area contributed by atoms with E-state index in [9.17, 15) is 18.0 Å². The average molecular weight is 518 g/mol. The first-order valence-corrected chi connectivity index (χ1v) is 13.1. The van der Waals surface area contributed by atoms with E-state index in [2.05, 4.69) is 5.32 Å². The van der Waals surface area contributed by atoms with E-state index in [1.807, 2.05) is 19.1 Å². The number of hydrogen-bond acceptors (Lipinski definition) is 8. The molecule has 1 saturated heterocycles. The Hall–Kier alpha value is -3.35. The summed E-state index contributed by atoms with van der Waals surface area (Å²) in [4.78, 5) is 26.9.